The zero-order valence-electron chi connectivity index (χ0n) is 15.6. The van der Waals surface area contributed by atoms with E-state index < -0.39 is 0 Å². The molecule has 4 heterocycles. The third-order valence-electron chi connectivity index (χ3n) is 5.54. The monoisotopic (exact) mass is 390 g/mol. The molecule has 28 heavy (non-hydrogen) atoms. The van der Waals surface area contributed by atoms with Gasteiger partial charge in [-0.25, -0.2) is 0 Å². The first kappa shape index (κ1) is 17.4. The van der Waals surface area contributed by atoms with Gasteiger partial charge >= 0.3 is 0 Å². The molecule has 5 nitrogen and oxygen atoms in total. The molecule has 1 fully saturated rings. The Morgan fingerprint density at radius 1 is 1.11 bits per heavy atom. The zero-order chi connectivity index (χ0) is 19.1. The predicted octanol–water partition coefficient (Wildman–Crippen LogP) is 4.56. The number of hydrogen-bond donors (Lipinski definition) is 1. The van der Waals surface area contributed by atoms with E-state index in [0.29, 0.717) is 6.04 Å². The highest BCUT2D eigenvalue weighted by Gasteiger charge is 2.46. The Bertz CT molecular complexity index is 999. The van der Waals surface area contributed by atoms with Crippen LogP contribution in [0, 0.1) is 0 Å². The van der Waals surface area contributed by atoms with Crippen LogP contribution < -0.4 is 0 Å². The number of aromatic hydroxyl groups is 1. The lowest BCUT2D eigenvalue weighted by Crippen LogP contribution is -2.36. The first-order valence-corrected chi connectivity index (χ1v) is 10.6. The number of phenolic OH excluding ortho intramolecular Hbond substituents is 1. The summed E-state index contributed by atoms with van der Waals surface area (Å²) in [7, 11) is 0. The molecular weight excluding hydrogens is 368 g/mol. The SMILES string of the molecule is CC[C@@H]1CSC2=N[C@H](c3ccccn3)[C@@H](c3cccn3-c3ccc(O)cc3)N21. The molecule has 6 heteroatoms. The number of aliphatic imine (C=N–C) groups is 1. The maximum atomic E-state index is 9.67. The highest BCUT2D eigenvalue weighted by atomic mass is 32.2. The molecule has 142 valence electrons. The first-order chi connectivity index (χ1) is 13.8. The summed E-state index contributed by atoms with van der Waals surface area (Å²) < 4.78 is 2.20. The highest BCUT2D eigenvalue weighted by Crippen LogP contribution is 2.48. The molecule has 1 aromatic carbocycles. The van der Waals surface area contributed by atoms with Crippen LogP contribution in [-0.2, 0) is 0 Å². The number of phenols is 1. The summed E-state index contributed by atoms with van der Waals surface area (Å²) in [5.41, 5.74) is 3.23. The molecule has 2 aromatic heterocycles. The summed E-state index contributed by atoms with van der Waals surface area (Å²) in [4.78, 5) is 12.2. The number of fused-ring (bicyclic) bond motifs is 1. The van der Waals surface area contributed by atoms with Crippen LogP contribution in [0.2, 0.25) is 0 Å². The summed E-state index contributed by atoms with van der Waals surface area (Å²) in [5.74, 6) is 1.36. The standard InChI is InChI=1S/C22H22N4OS/c1-2-15-14-28-22-24-20(18-6-3-4-12-23-18)21(26(15)22)19-7-5-13-25(19)16-8-10-17(27)11-9-16/h3-13,15,20-21,27H,2,14H2,1H3/t15-,20-,21-/m1/s1. The van der Waals surface area contributed by atoms with E-state index >= 15 is 0 Å². The van der Waals surface area contributed by atoms with Gasteiger partial charge in [0.2, 0.25) is 0 Å². The minimum Gasteiger partial charge on any atom is -0.508 e. The number of benzene rings is 1. The largest absolute Gasteiger partial charge is 0.508 e. The molecule has 0 amide bonds. The Morgan fingerprint density at radius 2 is 1.96 bits per heavy atom. The summed E-state index contributed by atoms with van der Waals surface area (Å²) in [5, 5.41) is 10.8. The highest BCUT2D eigenvalue weighted by molar-refractivity contribution is 8.14. The van der Waals surface area contributed by atoms with Crippen molar-refractivity contribution in [3.8, 4) is 11.4 Å². The molecule has 0 bridgehead atoms. The molecule has 0 saturated carbocycles. The van der Waals surface area contributed by atoms with E-state index in [-0.39, 0.29) is 17.8 Å². The Balaban J connectivity index is 1.62. The lowest BCUT2D eigenvalue weighted by Gasteiger charge is -2.32. The summed E-state index contributed by atoms with van der Waals surface area (Å²) >= 11 is 1.85. The van der Waals surface area contributed by atoms with Gasteiger partial charge in [0.05, 0.1) is 5.69 Å². The van der Waals surface area contributed by atoms with Gasteiger partial charge in [0.25, 0.3) is 0 Å². The van der Waals surface area contributed by atoms with E-state index in [0.717, 1.165) is 28.7 Å². The normalized spacial score (nSPS) is 23.7. The molecule has 0 spiro atoms. The third kappa shape index (κ3) is 2.79. The van der Waals surface area contributed by atoms with Crippen molar-refractivity contribution >= 4 is 16.9 Å². The number of aromatic nitrogens is 2. The van der Waals surface area contributed by atoms with E-state index in [1.165, 1.54) is 5.69 Å². The number of amidine groups is 1. The smallest absolute Gasteiger partial charge is 0.160 e. The van der Waals surface area contributed by atoms with Gasteiger partial charge in [-0.1, -0.05) is 24.8 Å². The van der Waals surface area contributed by atoms with Crippen molar-refractivity contribution in [2.24, 2.45) is 4.99 Å². The van der Waals surface area contributed by atoms with Crippen LogP contribution in [0.15, 0.2) is 72.0 Å². The molecule has 1 N–H and O–H groups in total. The van der Waals surface area contributed by atoms with E-state index in [1.54, 1.807) is 12.1 Å². The van der Waals surface area contributed by atoms with Gasteiger partial charge in [-0.3, -0.25) is 9.98 Å². The average molecular weight is 391 g/mol. The summed E-state index contributed by atoms with van der Waals surface area (Å²) in [6.07, 6.45) is 5.02. The second kappa shape index (κ2) is 7.02. The molecule has 3 atom stereocenters. The lowest BCUT2D eigenvalue weighted by molar-refractivity contribution is 0.249. The van der Waals surface area contributed by atoms with Crippen molar-refractivity contribution in [3.63, 3.8) is 0 Å². The Kier molecular flexibility index (Phi) is 4.36. The molecule has 2 aliphatic heterocycles. The topological polar surface area (TPSA) is 53.6 Å². The fourth-order valence-electron chi connectivity index (χ4n) is 4.15. The number of thioether (sulfide) groups is 1. The molecule has 1 saturated heterocycles. The number of pyridine rings is 1. The van der Waals surface area contributed by atoms with Gasteiger partial charge in [0, 0.05) is 35.6 Å². The molecule has 0 aliphatic carbocycles. The summed E-state index contributed by atoms with van der Waals surface area (Å²) in [6.45, 7) is 2.25. The van der Waals surface area contributed by atoms with Gasteiger partial charge in [0.15, 0.2) is 5.17 Å². The van der Waals surface area contributed by atoms with Gasteiger partial charge < -0.3 is 14.6 Å². The minimum atomic E-state index is -0.0242. The van der Waals surface area contributed by atoms with Crippen LogP contribution in [0.25, 0.3) is 5.69 Å². The molecule has 0 unspecified atom stereocenters. The zero-order valence-corrected chi connectivity index (χ0v) is 16.5. The maximum absolute atomic E-state index is 9.67. The third-order valence-corrected chi connectivity index (χ3v) is 6.67. The van der Waals surface area contributed by atoms with E-state index in [9.17, 15) is 5.11 Å². The maximum Gasteiger partial charge on any atom is 0.160 e. The van der Waals surface area contributed by atoms with Gasteiger partial charge in [-0.2, -0.15) is 0 Å². The second-order valence-corrected chi connectivity index (χ2v) is 8.14. The fraction of sp³-hybridized carbons (Fsp3) is 0.273. The quantitative estimate of drug-likeness (QED) is 0.710. The van der Waals surface area contributed by atoms with Crippen LogP contribution in [0.3, 0.4) is 0 Å². The molecule has 2 aliphatic rings. The van der Waals surface area contributed by atoms with Crippen LogP contribution >= 0.6 is 11.8 Å². The van der Waals surface area contributed by atoms with Crippen molar-refractivity contribution in [3.05, 3.63) is 78.4 Å². The Labute approximate surface area is 168 Å². The minimum absolute atomic E-state index is 0.0242. The lowest BCUT2D eigenvalue weighted by atomic mass is 9.99. The van der Waals surface area contributed by atoms with Gasteiger partial charge in [-0.05, 0) is 55.0 Å². The number of rotatable bonds is 4. The van der Waals surface area contributed by atoms with Crippen LogP contribution in [-0.4, -0.2) is 36.5 Å². The Morgan fingerprint density at radius 3 is 2.71 bits per heavy atom. The van der Waals surface area contributed by atoms with Crippen molar-refractivity contribution in [1.29, 1.82) is 0 Å². The van der Waals surface area contributed by atoms with Crippen molar-refractivity contribution in [2.75, 3.05) is 5.75 Å². The van der Waals surface area contributed by atoms with Crippen LogP contribution in [0.4, 0.5) is 0 Å². The molecule has 5 rings (SSSR count). The predicted molar refractivity (Wildman–Crippen MR) is 113 cm³/mol. The second-order valence-electron chi connectivity index (χ2n) is 7.16. The Hall–Kier alpha value is -2.73. The van der Waals surface area contributed by atoms with Crippen LogP contribution in [0.5, 0.6) is 5.75 Å². The first-order valence-electron chi connectivity index (χ1n) is 9.63. The fourth-order valence-corrected chi connectivity index (χ4v) is 5.49. The molecule has 0 radical (unpaired) electrons. The molecule has 3 aromatic rings. The van der Waals surface area contributed by atoms with Gasteiger partial charge in [-0.15, -0.1) is 0 Å². The van der Waals surface area contributed by atoms with Crippen molar-refractivity contribution in [2.45, 2.75) is 31.5 Å². The number of hydrogen-bond acceptors (Lipinski definition) is 5. The van der Waals surface area contributed by atoms with Crippen molar-refractivity contribution < 1.29 is 5.11 Å². The average Bonchev–Trinajstić information content (AvgIpc) is 3.44. The van der Waals surface area contributed by atoms with Gasteiger partial charge in [0.1, 0.15) is 17.8 Å². The number of nitrogens with zero attached hydrogens (tertiary/aromatic N) is 4. The van der Waals surface area contributed by atoms with Crippen LogP contribution in [0.1, 0.15) is 36.8 Å². The van der Waals surface area contributed by atoms with E-state index in [1.807, 2.05) is 42.2 Å². The van der Waals surface area contributed by atoms with Crippen molar-refractivity contribution in [1.82, 2.24) is 14.5 Å². The van der Waals surface area contributed by atoms with E-state index in [4.69, 9.17) is 4.99 Å². The summed E-state index contributed by atoms with van der Waals surface area (Å²) in [6, 6.07) is 18.2. The van der Waals surface area contributed by atoms with E-state index in [2.05, 4.69) is 45.8 Å². The molecular formula is C22H22N4OS.